The Labute approximate surface area is 109 Å². The van der Waals surface area contributed by atoms with E-state index in [4.69, 9.17) is 0 Å². The van der Waals surface area contributed by atoms with Crippen molar-refractivity contribution in [1.29, 1.82) is 0 Å². The number of benzene rings is 1. The number of halogens is 2. The molecule has 17 heavy (non-hydrogen) atoms. The molecule has 0 saturated carbocycles. The van der Waals surface area contributed by atoms with Crippen LogP contribution in [0.3, 0.4) is 0 Å². The standard InChI is InChI=1S/C13H15BrFNO/c14-12-5-4-11(15)8-10(12)7-9-3-1-2-6-16-13(9)17/h4-5,8-9H,1-3,6-7H2,(H,16,17). The summed E-state index contributed by atoms with van der Waals surface area (Å²) in [6.07, 6.45) is 3.57. The van der Waals surface area contributed by atoms with Gasteiger partial charge in [0, 0.05) is 16.9 Å². The number of nitrogens with one attached hydrogen (secondary N) is 1. The normalized spacial score (nSPS) is 20.8. The van der Waals surface area contributed by atoms with Crippen molar-refractivity contribution < 1.29 is 9.18 Å². The second-order valence-corrected chi connectivity index (χ2v) is 5.28. The van der Waals surface area contributed by atoms with Crippen LogP contribution in [-0.2, 0) is 11.2 Å². The summed E-state index contributed by atoms with van der Waals surface area (Å²) in [5.74, 6) is -0.188. The lowest BCUT2D eigenvalue weighted by Crippen LogP contribution is -2.30. The highest BCUT2D eigenvalue weighted by atomic mass is 79.9. The molecule has 2 nitrogen and oxygen atoms in total. The summed E-state index contributed by atoms with van der Waals surface area (Å²) < 4.78 is 14.0. The van der Waals surface area contributed by atoms with Gasteiger partial charge in [-0.05, 0) is 43.0 Å². The number of hydrogen-bond acceptors (Lipinski definition) is 1. The minimum atomic E-state index is -0.253. The zero-order valence-corrected chi connectivity index (χ0v) is 11.1. The molecule has 1 amide bonds. The van der Waals surface area contributed by atoms with Gasteiger partial charge in [-0.1, -0.05) is 22.4 Å². The lowest BCUT2D eigenvalue weighted by molar-refractivity contribution is -0.124. The van der Waals surface area contributed by atoms with E-state index >= 15 is 0 Å². The molecule has 1 heterocycles. The van der Waals surface area contributed by atoms with Crippen LogP contribution in [0.1, 0.15) is 24.8 Å². The summed E-state index contributed by atoms with van der Waals surface area (Å²) >= 11 is 3.40. The van der Waals surface area contributed by atoms with Crippen molar-refractivity contribution >= 4 is 21.8 Å². The molecule has 1 aliphatic heterocycles. The van der Waals surface area contributed by atoms with Gasteiger partial charge in [-0.15, -0.1) is 0 Å². The summed E-state index contributed by atoms with van der Waals surface area (Å²) in [6, 6.07) is 4.61. The average molecular weight is 300 g/mol. The van der Waals surface area contributed by atoms with Gasteiger partial charge >= 0.3 is 0 Å². The number of amides is 1. The summed E-state index contributed by atoms with van der Waals surface area (Å²) in [5.41, 5.74) is 0.868. The molecule has 0 radical (unpaired) electrons. The number of rotatable bonds is 2. The molecule has 0 bridgehead atoms. The first-order valence-electron chi connectivity index (χ1n) is 5.88. The van der Waals surface area contributed by atoms with Crippen molar-refractivity contribution in [2.45, 2.75) is 25.7 Å². The minimum Gasteiger partial charge on any atom is -0.356 e. The van der Waals surface area contributed by atoms with Crippen LogP contribution in [0.4, 0.5) is 4.39 Å². The van der Waals surface area contributed by atoms with Crippen molar-refractivity contribution in [3.63, 3.8) is 0 Å². The Morgan fingerprint density at radius 2 is 2.24 bits per heavy atom. The van der Waals surface area contributed by atoms with Gasteiger partial charge in [0.15, 0.2) is 0 Å². The van der Waals surface area contributed by atoms with E-state index in [-0.39, 0.29) is 17.6 Å². The maximum Gasteiger partial charge on any atom is 0.223 e. The van der Waals surface area contributed by atoms with Gasteiger partial charge in [0.2, 0.25) is 5.91 Å². The second-order valence-electron chi connectivity index (χ2n) is 4.42. The van der Waals surface area contributed by atoms with E-state index in [0.717, 1.165) is 35.8 Å². The van der Waals surface area contributed by atoms with Crippen LogP contribution in [0, 0.1) is 11.7 Å². The smallest absolute Gasteiger partial charge is 0.223 e. The van der Waals surface area contributed by atoms with Crippen molar-refractivity contribution in [2.75, 3.05) is 6.54 Å². The fourth-order valence-corrected chi connectivity index (χ4v) is 2.57. The van der Waals surface area contributed by atoms with E-state index in [9.17, 15) is 9.18 Å². The molecule has 1 aromatic carbocycles. The third kappa shape index (κ3) is 3.28. The van der Waals surface area contributed by atoms with Gasteiger partial charge in [0.25, 0.3) is 0 Å². The Bertz CT molecular complexity index is 422. The molecule has 0 aliphatic carbocycles. The van der Waals surface area contributed by atoms with Crippen molar-refractivity contribution in [3.05, 3.63) is 34.1 Å². The average Bonchev–Trinajstić information content (AvgIpc) is 2.50. The molecule has 1 atom stereocenters. The molecular weight excluding hydrogens is 285 g/mol. The van der Waals surface area contributed by atoms with Crippen LogP contribution in [-0.4, -0.2) is 12.5 Å². The largest absolute Gasteiger partial charge is 0.356 e. The van der Waals surface area contributed by atoms with Crippen LogP contribution < -0.4 is 5.32 Å². The first-order chi connectivity index (χ1) is 8.16. The molecule has 2 rings (SSSR count). The van der Waals surface area contributed by atoms with E-state index in [1.807, 2.05) is 0 Å². The Morgan fingerprint density at radius 1 is 1.41 bits per heavy atom. The van der Waals surface area contributed by atoms with Crippen molar-refractivity contribution in [3.8, 4) is 0 Å². The molecule has 0 aromatic heterocycles. The minimum absolute atomic E-state index is 0.0319. The number of hydrogen-bond donors (Lipinski definition) is 1. The zero-order valence-electron chi connectivity index (χ0n) is 9.51. The van der Waals surface area contributed by atoms with Gasteiger partial charge < -0.3 is 5.32 Å². The van der Waals surface area contributed by atoms with E-state index in [1.54, 1.807) is 6.07 Å². The Hall–Kier alpha value is -0.900. The fourth-order valence-electron chi connectivity index (χ4n) is 2.16. The highest BCUT2D eigenvalue weighted by Gasteiger charge is 2.21. The van der Waals surface area contributed by atoms with E-state index in [1.165, 1.54) is 12.1 Å². The molecule has 1 aromatic rings. The number of carbonyl (C=O) groups is 1. The highest BCUT2D eigenvalue weighted by molar-refractivity contribution is 9.10. The molecule has 92 valence electrons. The van der Waals surface area contributed by atoms with Crippen LogP contribution in [0.2, 0.25) is 0 Å². The van der Waals surface area contributed by atoms with Crippen LogP contribution in [0.15, 0.2) is 22.7 Å². The molecule has 0 spiro atoms. The van der Waals surface area contributed by atoms with Crippen LogP contribution in [0.25, 0.3) is 0 Å². The molecule has 1 unspecified atom stereocenters. The Kier molecular flexibility index (Phi) is 4.15. The lowest BCUT2D eigenvalue weighted by atomic mass is 9.94. The van der Waals surface area contributed by atoms with Gasteiger partial charge in [-0.2, -0.15) is 0 Å². The molecule has 1 N–H and O–H groups in total. The monoisotopic (exact) mass is 299 g/mol. The second kappa shape index (κ2) is 5.63. The summed E-state index contributed by atoms with van der Waals surface area (Å²) in [5, 5.41) is 2.90. The summed E-state index contributed by atoms with van der Waals surface area (Å²) in [6.45, 7) is 0.764. The predicted molar refractivity (Wildman–Crippen MR) is 68.2 cm³/mol. The topological polar surface area (TPSA) is 29.1 Å². The van der Waals surface area contributed by atoms with Gasteiger partial charge in [0.05, 0.1) is 0 Å². The lowest BCUT2D eigenvalue weighted by Gasteiger charge is -2.14. The van der Waals surface area contributed by atoms with Crippen LogP contribution in [0.5, 0.6) is 0 Å². The van der Waals surface area contributed by atoms with E-state index in [0.29, 0.717) is 6.42 Å². The van der Waals surface area contributed by atoms with E-state index < -0.39 is 0 Å². The molecule has 1 saturated heterocycles. The van der Waals surface area contributed by atoms with Crippen molar-refractivity contribution in [1.82, 2.24) is 5.32 Å². The first kappa shape index (κ1) is 12.6. The quantitative estimate of drug-likeness (QED) is 0.893. The maximum absolute atomic E-state index is 13.2. The SMILES string of the molecule is O=C1NCCCCC1Cc1cc(F)ccc1Br. The molecule has 1 fully saturated rings. The Balaban J connectivity index is 2.13. The Morgan fingerprint density at radius 3 is 3.06 bits per heavy atom. The summed E-state index contributed by atoms with van der Waals surface area (Å²) in [4.78, 5) is 11.8. The fraction of sp³-hybridized carbons (Fsp3) is 0.462. The zero-order chi connectivity index (χ0) is 12.3. The third-order valence-corrected chi connectivity index (χ3v) is 3.90. The molecular formula is C13H15BrFNO. The van der Waals surface area contributed by atoms with Crippen LogP contribution >= 0.6 is 15.9 Å². The van der Waals surface area contributed by atoms with Crippen molar-refractivity contribution in [2.24, 2.45) is 5.92 Å². The van der Waals surface area contributed by atoms with E-state index in [2.05, 4.69) is 21.2 Å². The predicted octanol–water partition coefficient (Wildman–Crippen LogP) is 3.05. The molecule has 4 heteroatoms. The summed E-state index contributed by atoms with van der Waals surface area (Å²) in [7, 11) is 0. The van der Waals surface area contributed by atoms with Gasteiger partial charge in [0.1, 0.15) is 5.82 Å². The third-order valence-electron chi connectivity index (χ3n) is 3.12. The van der Waals surface area contributed by atoms with Gasteiger partial charge in [-0.25, -0.2) is 4.39 Å². The highest BCUT2D eigenvalue weighted by Crippen LogP contribution is 2.24. The maximum atomic E-state index is 13.2. The molecule has 1 aliphatic rings. The van der Waals surface area contributed by atoms with Gasteiger partial charge in [-0.3, -0.25) is 4.79 Å². The number of carbonyl (C=O) groups excluding carboxylic acids is 1. The first-order valence-corrected chi connectivity index (χ1v) is 6.68.